The molecule has 0 saturated heterocycles. The van der Waals surface area contributed by atoms with Crippen molar-refractivity contribution < 1.29 is 18.7 Å². The van der Waals surface area contributed by atoms with Crippen molar-refractivity contribution in [3.05, 3.63) is 65.5 Å². The number of hydrogen-bond donors (Lipinski definition) is 1. The van der Waals surface area contributed by atoms with Gasteiger partial charge in [-0.05, 0) is 48.9 Å². The first kappa shape index (κ1) is 16.7. The molecule has 2 rings (SSSR count). The Balaban J connectivity index is 2.03. The van der Waals surface area contributed by atoms with Gasteiger partial charge in [0.05, 0.1) is 12.2 Å². The third kappa shape index (κ3) is 4.92. The Labute approximate surface area is 134 Å². The number of ether oxygens (including phenoxy) is 1. The average Bonchev–Trinajstić information content (AvgIpc) is 2.56. The van der Waals surface area contributed by atoms with Gasteiger partial charge >= 0.3 is 5.97 Å². The van der Waals surface area contributed by atoms with Crippen molar-refractivity contribution in [3.63, 3.8) is 0 Å². The largest absolute Gasteiger partial charge is 0.462 e. The molecular formula is C18H18FNO3. The summed E-state index contributed by atoms with van der Waals surface area (Å²) in [6.07, 6.45) is 1.76. The van der Waals surface area contributed by atoms with E-state index in [1.54, 1.807) is 24.3 Å². The summed E-state index contributed by atoms with van der Waals surface area (Å²) < 4.78 is 18.0. The molecule has 0 spiro atoms. The van der Waals surface area contributed by atoms with Crippen molar-refractivity contribution in [1.82, 2.24) is 0 Å². The van der Waals surface area contributed by atoms with Gasteiger partial charge in [0.2, 0.25) is 0 Å². The number of esters is 1. The maximum Gasteiger partial charge on any atom is 0.338 e. The number of hydrogen-bond acceptors (Lipinski definition) is 3. The van der Waals surface area contributed by atoms with E-state index >= 15 is 0 Å². The zero-order valence-corrected chi connectivity index (χ0v) is 12.8. The summed E-state index contributed by atoms with van der Waals surface area (Å²) in [6, 6.07) is 11.7. The van der Waals surface area contributed by atoms with Crippen molar-refractivity contribution in [2.45, 2.75) is 19.8 Å². The molecule has 2 aromatic carbocycles. The van der Waals surface area contributed by atoms with Crippen LogP contribution in [0.15, 0.2) is 48.5 Å². The van der Waals surface area contributed by atoms with E-state index in [0.717, 1.165) is 12.8 Å². The van der Waals surface area contributed by atoms with E-state index in [2.05, 4.69) is 5.32 Å². The number of rotatable bonds is 6. The third-order valence-electron chi connectivity index (χ3n) is 3.19. The Hall–Kier alpha value is -2.69. The molecule has 1 N–H and O–H groups in total. The molecule has 0 atom stereocenters. The van der Waals surface area contributed by atoms with Gasteiger partial charge < -0.3 is 10.1 Å². The smallest absolute Gasteiger partial charge is 0.338 e. The highest BCUT2D eigenvalue weighted by molar-refractivity contribution is 6.04. The maximum absolute atomic E-state index is 12.9. The minimum atomic E-state index is -0.420. The molecule has 23 heavy (non-hydrogen) atoms. The first-order valence-corrected chi connectivity index (χ1v) is 7.44. The Kier molecular flexibility index (Phi) is 5.86. The standard InChI is InChI=1S/C18H18FNO3/c1-2-3-11-23-18(22)14-5-4-6-16(12-14)20-17(21)13-7-9-15(19)10-8-13/h4-10,12H,2-3,11H2,1H3,(H,20,21). The summed E-state index contributed by atoms with van der Waals surface area (Å²) in [4.78, 5) is 24.0. The van der Waals surface area contributed by atoms with Crippen LogP contribution in [0.1, 0.15) is 40.5 Å². The molecule has 1 amide bonds. The first-order valence-electron chi connectivity index (χ1n) is 7.44. The van der Waals surface area contributed by atoms with Gasteiger partial charge in [0.25, 0.3) is 5.91 Å². The van der Waals surface area contributed by atoms with E-state index in [1.807, 2.05) is 6.92 Å². The van der Waals surface area contributed by atoms with E-state index in [1.165, 1.54) is 24.3 Å². The summed E-state index contributed by atoms with van der Waals surface area (Å²) >= 11 is 0. The van der Waals surface area contributed by atoms with Gasteiger partial charge in [-0.25, -0.2) is 9.18 Å². The molecule has 0 fully saturated rings. The number of carbonyl (C=O) groups is 2. The highest BCUT2D eigenvalue weighted by Crippen LogP contribution is 2.14. The molecule has 5 heteroatoms. The molecule has 0 heterocycles. The normalized spacial score (nSPS) is 10.2. The summed E-state index contributed by atoms with van der Waals surface area (Å²) in [5.74, 6) is -1.20. The van der Waals surface area contributed by atoms with Crippen LogP contribution in [0.4, 0.5) is 10.1 Å². The fraction of sp³-hybridized carbons (Fsp3) is 0.222. The number of nitrogens with one attached hydrogen (secondary N) is 1. The summed E-state index contributed by atoms with van der Waals surface area (Å²) in [5, 5.41) is 2.67. The second-order valence-corrected chi connectivity index (χ2v) is 5.03. The minimum absolute atomic E-state index is 0.335. The molecule has 0 saturated carbocycles. The van der Waals surface area contributed by atoms with Gasteiger partial charge in [0, 0.05) is 11.3 Å². The molecule has 0 aliphatic rings. The number of unbranched alkanes of at least 4 members (excludes halogenated alkanes) is 1. The van der Waals surface area contributed by atoms with Crippen molar-refractivity contribution in [2.75, 3.05) is 11.9 Å². The fourth-order valence-electron chi connectivity index (χ4n) is 1.92. The van der Waals surface area contributed by atoms with Gasteiger partial charge in [0.15, 0.2) is 0 Å². The lowest BCUT2D eigenvalue weighted by molar-refractivity contribution is 0.0499. The molecule has 2 aromatic rings. The van der Waals surface area contributed by atoms with Crippen LogP contribution in [0, 0.1) is 5.82 Å². The number of amides is 1. The van der Waals surface area contributed by atoms with Crippen LogP contribution in [0.25, 0.3) is 0 Å². The van der Waals surface area contributed by atoms with Gasteiger partial charge in [-0.3, -0.25) is 4.79 Å². The summed E-state index contributed by atoms with van der Waals surface area (Å²) in [7, 11) is 0. The second kappa shape index (κ2) is 8.08. The molecule has 0 aliphatic heterocycles. The van der Waals surface area contributed by atoms with E-state index < -0.39 is 11.8 Å². The number of benzene rings is 2. The lowest BCUT2D eigenvalue weighted by Crippen LogP contribution is -2.13. The van der Waals surface area contributed by atoms with Crippen molar-refractivity contribution in [3.8, 4) is 0 Å². The third-order valence-corrected chi connectivity index (χ3v) is 3.19. The Morgan fingerprint density at radius 2 is 1.83 bits per heavy atom. The average molecular weight is 315 g/mol. The van der Waals surface area contributed by atoms with Crippen LogP contribution in [0.5, 0.6) is 0 Å². The van der Waals surface area contributed by atoms with Crippen LogP contribution >= 0.6 is 0 Å². The van der Waals surface area contributed by atoms with Gasteiger partial charge in [-0.15, -0.1) is 0 Å². The molecule has 0 aliphatic carbocycles. The lowest BCUT2D eigenvalue weighted by Gasteiger charge is -2.08. The summed E-state index contributed by atoms with van der Waals surface area (Å²) in [5.41, 5.74) is 1.18. The van der Waals surface area contributed by atoms with E-state index in [-0.39, 0.29) is 5.91 Å². The molecular weight excluding hydrogens is 297 g/mol. The zero-order valence-electron chi connectivity index (χ0n) is 12.8. The van der Waals surface area contributed by atoms with Crippen molar-refractivity contribution in [1.29, 1.82) is 0 Å². The fourth-order valence-corrected chi connectivity index (χ4v) is 1.92. The topological polar surface area (TPSA) is 55.4 Å². The van der Waals surface area contributed by atoms with Crippen molar-refractivity contribution in [2.24, 2.45) is 0 Å². The molecule has 0 aromatic heterocycles. The van der Waals surface area contributed by atoms with Gasteiger partial charge in [-0.1, -0.05) is 19.4 Å². The molecule has 4 nitrogen and oxygen atoms in total. The van der Waals surface area contributed by atoms with Crippen LogP contribution in [0.2, 0.25) is 0 Å². The van der Waals surface area contributed by atoms with E-state index in [0.29, 0.717) is 23.4 Å². The van der Waals surface area contributed by atoms with Crippen LogP contribution < -0.4 is 5.32 Å². The molecule has 0 bridgehead atoms. The predicted molar refractivity (Wildman–Crippen MR) is 86.0 cm³/mol. The van der Waals surface area contributed by atoms with E-state index in [4.69, 9.17) is 4.74 Å². The molecule has 0 unspecified atom stereocenters. The first-order chi connectivity index (χ1) is 11.1. The number of carbonyl (C=O) groups excluding carboxylic acids is 2. The maximum atomic E-state index is 12.9. The predicted octanol–water partition coefficient (Wildman–Crippen LogP) is 4.03. The van der Waals surface area contributed by atoms with Gasteiger partial charge in [-0.2, -0.15) is 0 Å². The van der Waals surface area contributed by atoms with Crippen molar-refractivity contribution >= 4 is 17.6 Å². The monoisotopic (exact) mass is 315 g/mol. The van der Waals surface area contributed by atoms with Crippen LogP contribution in [-0.4, -0.2) is 18.5 Å². The number of anilines is 1. The summed E-state index contributed by atoms with van der Waals surface area (Å²) in [6.45, 7) is 2.39. The Morgan fingerprint density at radius 3 is 2.52 bits per heavy atom. The van der Waals surface area contributed by atoms with E-state index in [9.17, 15) is 14.0 Å². The lowest BCUT2D eigenvalue weighted by atomic mass is 10.1. The molecule has 0 radical (unpaired) electrons. The highest BCUT2D eigenvalue weighted by atomic mass is 19.1. The SMILES string of the molecule is CCCCOC(=O)c1cccc(NC(=O)c2ccc(F)cc2)c1. The Morgan fingerprint density at radius 1 is 1.09 bits per heavy atom. The Bertz CT molecular complexity index is 683. The van der Waals surface area contributed by atoms with Crippen LogP contribution in [0.3, 0.4) is 0 Å². The van der Waals surface area contributed by atoms with Gasteiger partial charge in [0.1, 0.15) is 5.82 Å². The number of halogens is 1. The quantitative estimate of drug-likeness (QED) is 0.646. The zero-order chi connectivity index (χ0) is 16.7. The molecule has 120 valence electrons. The highest BCUT2D eigenvalue weighted by Gasteiger charge is 2.10. The minimum Gasteiger partial charge on any atom is -0.462 e. The second-order valence-electron chi connectivity index (χ2n) is 5.03. The van der Waals surface area contributed by atoms with Crippen LogP contribution in [-0.2, 0) is 4.74 Å².